The van der Waals surface area contributed by atoms with Crippen molar-refractivity contribution in [3.63, 3.8) is 0 Å². The molecule has 1 aliphatic heterocycles. The Labute approximate surface area is 231 Å². The summed E-state index contributed by atoms with van der Waals surface area (Å²) in [5, 5.41) is 11.4. The van der Waals surface area contributed by atoms with Crippen molar-refractivity contribution >= 4 is 23.5 Å². The SMILES string of the molecule is CC(C)(C)C1CCC2(CC1)N=C(C1=CC=C(C3CC3)C1)C(=O)N2CCc1ccc(C(=O)NCCC(=O)O)cc1. The summed E-state index contributed by atoms with van der Waals surface area (Å²) >= 11 is 0. The first-order valence-electron chi connectivity index (χ1n) is 14.5. The van der Waals surface area contributed by atoms with Crippen LogP contribution in [0.15, 0.2) is 52.6 Å². The van der Waals surface area contributed by atoms with Crippen LogP contribution >= 0.6 is 0 Å². The first kappa shape index (κ1) is 27.4. The zero-order valence-corrected chi connectivity index (χ0v) is 23.5. The third kappa shape index (κ3) is 6.02. The van der Waals surface area contributed by atoms with E-state index in [4.69, 9.17) is 10.1 Å². The van der Waals surface area contributed by atoms with Crippen LogP contribution in [-0.4, -0.2) is 52.3 Å². The van der Waals surface area contributed by atoms with Crippen LogP contribution in [0.3, 0.4) is 0 Å². The maximum atomic E-state index is 13.9. The summed E-state index contributed by atoms with van der Waals surface area (Å²) in [5.41, 5.74) is 4.55. The van der Waals surface area contributed by atoms with Gasteiger partial charge in [-0.25, -0.2) is 0 Å². The van der Waals surface area contributed by atoms with Crippen LogP contribution in [0.1, 0.15) is 88.1 Å². The molecule has 4 aliphatic rings. The van der Waals surface area contributed by atoms with Crippen LogP contribution in [0.4, 0.5) is 0 Å². The zero-order valence-electron chi connectivity index (χ0n) is 23.5. The standard InChI is InChI=1S/C32H41N3O4/c1-31(2,3)26-12-16-32(17-13-26)34-28(25-11-10-24(20-25)22-8-9-22)30(39)35(32)19-15-21-4-6-23(7-5-21)29(38)33-18-14-27(36)37/h4-7,10-11,22,26H,8-9,12-20H2,1-3H3,(H,33,38)(H,36,37). The average molecular weight is 532 g/mol. The van der Waals surface area contributed by atoms with Crippen molar-refractivity contribution in [1.29, 1.82) is 0 Å². The monoisotopic (exact) mass is 531 g/mol. The molecule has 7 nitrogen and oxygen atoms in total. The normalized spacial score (nSPS) is 25.0. The molecule has 1 aromatic rings. The predicted octanol–water partition coefficient (Wildman–Crippen LogP) is 5.32. The van der Waals surface area contributed by atoms with Gasteiger partial charge >= 0.3 is 5.97 Å². The lowest BCUT2D eigenvalue weighted by Gasteiger charge is -2.45. The molecule has 208 valence electrons. The molecule has 7 heteroatoms. The van der Waals surface area contributed by atoms with Crippen LogP contribution < -0.4 is 5.32 Å². The van der Waals surface area contributed by atoms with Gasteiger partial charge in [-0.3, -0.25) is 19.4 Å². The molecule has 1 spiro atoms. The van der Waals surface area contributed by atoms with Crippen LogP contribution in [0.25, 0.3) is 0 Å². The highest BCUT2D eigenvalue weighted by Crippen LogP contribution is 2.48. The summed E-state index contributed by atoms with van der Waals surface area (Å²) in [6.07, 6.45) is 12.2. The van der Waals surface area contributed by atoms with E-state index in [0.29, 0.717) is 36.1 Å². The Morgan fingerprint density at radius 2 is 1.77 bits per heavy atom. The largest absolute Gasteiger partial charge is 0.481 e. The van der Waals surface area contributed by atoms with E-state index in [1.165, 1.54) is 18.4 Å². The van der Waals surface area contributed by atoms with E-state index in [1.807, 2.05) is 17.0 Å². The predicted molar refractivity (Wildman–Crippen MR) is 152 cm³/mol. The Morgan fingerprint density at radius 1 is 1.08 bits per heavy atom. The second kappa shape index (κ2) is 10.7. The fourth-order valence-electron chi connectivity index (χ4n) is 6.37. The van der Waals surface area contributed by atoms with Gasteiger partial charge in [0.1, 0.15) is 11.4 Å². The van der Waals surface area contributed by atoms with E-state index in [1.54, 1.807) is 12.1 Å². The van der Waals surface area contributed by atoms with Crippen molar-refractivity contribution in [1.82, 2.24) is 10.2 Å². The molecule has 0 atom stereocenters. The molecule has 2 N–H and O–H groups in total. The third-order valence-electron chi connectivity index (χ3n) is 9.04. The van der Waals surface area contributed by atoms with Crippen LogP contribution in [-0.2, 0) is 16.0 Å². The number of nitrogens with zero attached hydrogens (tertiary/aromatic N) is 2. The van der Waals surface area contributed by atoms with E-state index in [9.17, 15) is 14.4 Å². The number of benzene rings is 1. The van der Waals surface area contributed by atoms with Crippen molar-refractivity contribution in [2.45, 2.75) is 84.2 Å². The van der Waals surface area contributed by atoms with E-state index in [0.717, 1.165) is 43.2 Å². The maximum absolute atomic E-state index is 13.9. The summed E-state index contributed by atoms with van der Waals surface area (Å²) in [6.45, 7) is 7.62. The van der Waals surface area contributed by atoms with Gasteiger partial charge in [0.25, 0.3) is 11.8 Å². The number of carboxylic acid groups (broad SMARTS) is 1. The first-order chi connectivity index (χ1) is 18.6. The number of aliphatic imine (C=N–C) groups is 1. The molecule has 0 saturated heterocycles. The molecule has 1 heterocycles. The second-order valence-corrected chi connectivity index (χ2v) is 12.8. The first-order valence-corrected chi connectivity index (χ1v) is 14.5. The quantitative estimate of drug-likeness (QED) is 0.451. The van der Waals surface area contributed by atoms with Gasteiger partial charge in [-0.05, 0) is 91.9 Å². The Bertz CT molecular complexity index is 1220. The van der Waals surface area contributed by atoms with Gasteiger partial charge in [-0.15, -0.1) is 0 Å². The number of aliphatic carboxylic acids is 1. The summed E-state index contributed by atoms with van der Waals surface area (Å²) in [7, 11) is 0. The fourth-order valence-corrected chi connectivity index (χ4v) is 6.37. The second-order valence-electron chi connectivity index (χ2n) is 12.8. The summed E-state index contributed by atoms with van der Waals surface area (Å²) in [5.74, 6) is 0.167. The lowest BCUT2D eigenvalue weighted by Crippen LogP contribution is -2.50. The Hall–Kier alpha value is -3.22. The maximum Gasteiger partial charge on any atom is 0.305 e. The summed E-state index contributed by atoms with van der Waals surface area (Å²) in [4.78, 5) is 44.2. The zero-order chi connectivity index (χ0) is 27.8. The topological polar surface area (TPSA) is 99.1 Å². The molecule has 39 heavy (non-hydrogen) atoms. The number of hydrogen-bond acceptors (Lipinski definition) is 4. The minimum absolute atomic E-state index is 0.0651. The number of nitrogens with one attached hydrogen (secondary N) is 1. The van der Waals surface area contributed by atoms with Gasteiger partial charge in [0.2, 0.25) is 0 Å². The molecule has 2 amide bonds. The summed E-state index contributed by atoms with van der Waals surface area (Å²) < 4.78 is 0. The highest BCUT2D eigenvalue weighted by molar-refractivity contribution is 6.47. The van der Waals surface area contributed by atoms with Gasteiger partial charge in [-0.2, -0.15) is 0 Å². The number of allylic oxidation sites excluding steroid dienone is 3. The molecular formula is C32H41N3O4. The minimum Gasteiger partial charge on any atom is -0.481 e. The van der Waals surface area contributed by atoms with E-state index in [-0.39, 0.29) is 30.2 Å². The van der Waals surface area contributed by atoms with E-state index >= 15 is 0 Å². The van der Waals surface area contributed by atoms with Gasteiger partial charge in [0.15, 0.2) is 0 Å². The van der Waals surface area contributed by atoms with Crippen LogP contribution in [0.5, 0.6) is 0 Å². The lowest BCUT2D eigenvalue weighted by atomic mass is 9.69. The highest BCUT2D eigenvalue weighted by atomic mass is 16.4. The number of amides is 2. The van der Waals surface area contributed by atoms with Gasteiger partial charge in [0, 0.05) is 18.7 Å². The Kier molecular flexibility index (Phi) is 7.53. The van der Waals surface area contributed by atoms with Crippen LogP contribution in [0.2, 0.25) is 0 Å². The Morgan fingerprint density at radius 3 is 2.38 bits per heavy atom. The molecule has 0 unspecified atom stereocenters. The number of carbonyl (C=O) groups is 3. The van der Waals surface area contributed by atoms with E-state index in [2.05, 4.69) is 38.2 Å². The van der Waals surface area contributed by atoms with Crippen molar-refractivity contribution in [2.24, 2.45) is 22.2 Å². The molecule has 0 radical (unpaired) electrons. The average Bonchev–Trinajstić information content (AvgIpc) is 3.57. The molecule has 2 saturated carbocycles. The molecule has 2 fully saturated rings. The third-order valence-corrected chi connectivity index (χ3v) is 9.04. The van der Waals surface area contributed by atoms with Crippen LogP contribution in [0, 0.1) is 17.3 Å². The molecular weight excluding hydrogens is 490 g/mol. The number of hydrogen-bond donors (Lipinski definition) is 2. The number of carboxylic acids is 1. The van der Waals surface area contributed by atoms with Gasteiger partial charge in [-0.1, -0.05) is 50.6 Å². The van der Waals surface area contributed by atoms with Gasteiger partial charge < -0.3 is 15.3 Å². The van der Waals surface area contributed by atoms with Crippen molar-refractivity contribution in [3.05, 3.63) is 58.7 Å². The minimum atomic E-state index is -0.942. The Balaban J connectivity index is 1.27. The lowest BCUT2D eigenvalue weighted by molar-refractivity contribution is -0.136. The molecule has 1 aromatic carbocycles. The van der Waals surface area contributed by atoms with E-state index < -0.39 is 11.6 Å². The number of rotatable bonds is 9. The van der Waals surface area contributed by atoms with Crippen molar-refractivity contribution < 1.29 is 19.5 Å². The van der Waals surface area contributed by atoms with Gasteiger partial charge in [0.05, 0.1) is 6.42 Å². The molecule has 5 rings (SSSR count). The summed E-state index contributed by atoms with van der Waals surface area (Å²) in [6, 6.07) is 7.36. The fraction of sp³-hybridized carbons (Fsp3) is 0.562. The van der Waals surface area contributed by atoms with Crippen molar-refractivity contribution in [3.8, 4) is 0 Å². The smallest absolute Gasteiger partial charge is 0.305 e. The van der Waals surface area contributed by atoms with Crippen molar-refractivity contribution in [2.75, 3.05) is 13.1 Å². The highest BCUT2D eigenvalue weighted by Gasteiger charge is 2.50. The molecule has 0 bridgehead atoms. The molecule has 0 aromatic heterocycles. The molecule has 3 aliphatic carbocycles. The number of carbonyl (C=O) groups excluding carboxylic acids is 2.